The molecule has 23 heavy (non-hydrogen) atoms. The summed E-state index contributed by atoms with van der Waals surface area (Å²) in [6, 6.07) is 5.00. The lowest BCUT2D eigenvalue weighted by atomic mass is 9.88. The Morgan fingerprint density at radius 1 is 1.09 bits per heavy atom. The second kappa shape index (κ2) is 7.54. The van der Waals surface area contributed by atoms with Gasteiger partial charge in [0, 0.05) is 12.6 Å². The lowest BCUT2D eigenvalue weighted by Gasteiger charge is -2.35. The maximum Gasteiger partial charge on any atom is 0.161 e. The van der Waals surface area contributed by atoms with Crippen LogP contribution >= 0.6 is 0 Å². The number of piperidine rings is 1. The highest BCUT2D eigenvalue weighted by atomic mass is 16.5. The first kappa shape index (κ1) is 16.6. The highest BCUT2D eigenvalue weighted by Gasteiger charge is 2.28. The van der Waals surface area contributed by atoms with E-state index in [1.165, 1.54) is 56.4 Å². The van der Waals surface area contributed by atoms with Gasteiger partial charge < -0.3 is 14.8 Å². The molecule has 0 amide bonds. The van der Waals surface area contributed by atoms with Gasteiger partial charge in [-0.1, -0.05) is 0 Å². The molecule has 0 saturated carbocycles. The number of hydrogen-bond donors (Lipinski definition) is 1. The lowest BCUT2D eigenvalue weighted by molar-refractivity contribution is 0.157. The highest BCUT2D eigenvalue weighted by Crippen LogP contribution is 2.32. The van der Waals surface area contributed by atoms with Gasteiger partial charge in [-0.3, -0.25) is 4.90 Å². The van der Waals surface area contributed by atoms with Crippen LogP contribution in [0.1, 0.15) is 36.8 Å². The van der Waals surface area contributed by atoms with E-state index in [1.807, 2.05) is 0 Å². The van der Waals surface area contributed by atoms with Gasteiger partial charge >= 0.3 is 0 Å². The minimum atomic E-state index is 0.778. The Morgan fingerprint density at radius 2 is 1.78 bits per heavy atom. The summed E-state index contributed by atoms with van der Waals surface area (Å²) in [4.78, 5) is 2.58. The SMILES string of the molecule is COc1cc(C)c(CN2CCC(C3CCCN3)CC2)cc1OC. The molecule has 1 unspecified atom stereocenters. The van der Waals surface area contributed by atoms with Crippen molar-refractivity contribution in [2.45, 2.75) is 45.2 Å². The summed E-state index contributed by atoms with van der Waals surface area (Å²) in [5.74, 6) is 2.53. The van der Waals surface area contributed by atoms with Gasteiger partial charge in [0.2, 0.25) is 0 Å². The van der Waals surface area contributed by atoms with Gasteiger partial charge in [0.05, 0.1) is 14.2 Å². The van der Waals surface area contributed by atoms with Crippen LogP contribution in [0.3, 0.4) is 0 Å². The normalized spacial score (nSPS) is 23.2. The van der Waals surface area contributed by atoms with Gasteiger partial charge in [-0.05, 0) is 81.4 Å². The van der Waals surface area contributed by atoms with Crippen molar-refractivity contribution < 1.29 is 9.47 Å². The molecule has 1 atom stereocenters. The van der Waals surface area contributed by atoms with Crippen molar-refractivity contribution in [2.24, 2.45) is 5.92 Å². The minimum Gasteiger partial charge on any atom is -0.493 e. The highest BCUT2D eigenvalue weighted by molar-refractivity contribution is 5.47. The number of nitrogens with zero attached hydrogens (tertiary/aromatic N) is 1. The van der Waals surface area contributed by atoms with Crippen molar-refractivity contribution in [3.8, 4) is 11.5 Å². The molecule has 1 aromatic carbocycles. The van der Waals surface area contributed by atoms with Crippen molar-refractivity contribution in [1.82, 2.24) is 10.2 Å². The molecule has 1 aromatic rings. The molecule has 2 heterocycles. The van der Waals surface area contributed by atoms with E-state index in [-0.39, 0.29) is 0 Å². The summed E-state index contributed by atoms with van der Waals surface area (Å²) in [5, 5.41) is 3.68. The average molecular weight is 318 g/mol. The standard InChI is InChI=1S/C19H30N2O2/c1-14-11-18(22-2)19(23-3)12-16(14)13-21-9-6-15(7-10-21)17-5-4-8-20-17/h11-12,15,17,20H,4-10,13H2,1-3H3. The van der Waals surface area contributed by atoms with Crippen LogP contribution in [0.4, 0.5) is 0 Å². The number of hydrogen-bond acceptors (Lipinski definition) is 4. The molecular weight excluding hydrogens is 288 g/mol. The largest absolute Gasteiger partial charge is 0.493 e. The summed E-state index contributed by atoms with van der Waals surface area (Å²) >= 11 is 0. The van der Waals surface area contributed by atoms with Crippen molar-refractivity contribution in [1.29, 1.82) is 0 Å². The van der Waals surface area contributed by atoms with Crippen molar-refractivity contribution in [3.05, 3.63) is 23.3 Å². The van der Waals surface area contributed by atoms with Crippen LogP contribution < -0.4 is 14.8 Å². The predicted molar refractivity (Wildman–Crippen MR) is 93.3 cm³/mol. The van der Waals surface area contributed by atoms with Crippen molar-refractivity contribution in [3.63, 3.8) is 0 Å². The molecule has 128 valence electrons. The summed E-state index contributed by atoms with van der Waals surface area (Å²) in [5.41, 5.74) is 2.63. The first-order valence-corrected chi connectivity index (χ1v) is 8.88. The zero-order valence-electron chi connectivity index (χ0n) is 14.7. The maximum absolute atomic E-state index is 5.45. The Bertz CT molecular complexity index is 518. The third kappa shape index (κ3) is 3.81. The Morgan fingerprint density at radius 3 is 2.39 bits per heavy atom. The second-order valence-electron chi connectivity index (χ2n) is 6.95. The predicted octanol–water partition coefficient (Wildman–Crippen LogP) is 2.98. The van der Waals surface area contributed by atoms with E-state index in [0.29, 0.717) is 0 Å². The molecule has 2 aliphatic heterocycles. The molecule has 3 rings (SSSR count). The molecule has 2 aliphatic rings. The lowest BCUT2D eigenvalue weighted by Crippen LogP contribution is -2.40. The molecule has 0 aliphatic carbocycles. The van der Waals surface area contributed by atoms with Gasteiger partial charge in [-0.2, -0.15) is 0 Å². The van der Waals surface area contributed by atoms with E-state index in [0.717, 1.165) is 30.0 Å². The number of methoxy groups -OCH3 is 2. The molecule has 4 heteroatoms. The van der Waals surface area contributed by atoms with E-state index >= 15 is 0 Å². The monoisotopic (exact) mass is 318 g/mol. The smallest absolute Gasteiger partial charge is 0.161 e. The zero-order valence-corrected chi connectivity index (χ0v) is 14.7. The first-order chi connectivity index (χ1) is 11.2. The van der Waals surface area contributed by atoms with Crippen molar-refractivity contribution >= 4 is 0 Å². The third-order valence-corrected chi connectivity index (χ3v) is 5.54. The molecule has 0 aromatic heterocycles. The molecule has 1 N–H and O–H groups in total. The van der Waals surface area contributed by atoms with Crippen LogP contribution in [0.2, 0.25) is 0 Å². The van der Waals surface area contributed by atoms with Gasteiger partial charge in [0.25, 0.3) is 0 Å². The minimum absolute atomic E-state index is 0.778. The summed E-state index contributed by atoms with van der Waals surface area (Å²) in [7, 11) is 3.40. The van der Waals surface area contributed by atoms with Crippen LogP contribution in [-0.4, -0.2) is 44.8 Å². The number of benzene rings is 1. The van der Waals surface area contributed by atoms with Crippen LogP contribution in [0.5, 0.6) is 11.5 Å². The van der Waals surface area contributed by atoms with Gasteiger partial charge in [0.1, 0.15) is 0 Å². The Kier molecular flexibility index (Phi) is 5.44. The number of likely N-dealkylation sites (tertiary alicyclic amines) is 1. The fourth-order valence-electron chi connectivity index (χ4n) is 4.06. The second-order valence-corrected chi connectivity index (χ2v) is 6.95. The zero-order chi connectivity index (χ0) is 16.2. The first-order valence-electron chi connectivity index (χ1n) is 8.88. The average Bonchev–Trinajstić information content (AvgIpc) is 3.11. The van der Waals surface area contributed by atoms with Gasteiger partial charge in [0.15, 0.2) is 11.5 Å². The third-order valence-electron chi connectivity index (χ3n) is 5.54. The van der Waals surface area contributed by atoms with Crippen LogP contribution in [-0.2, 0) is 6.54 Å². The number of ether oxygens (including phenoxy) is 2. The van der Waals surface area contributed by atoms with Crippen LogP contribution in [0.25, 0.3) is 0 Å². The number of rotatable bonds is 5. The van der Waals surface area contributed by atoms with E-state index in [4.69, 9.17) is 9.47 Å². The molecule has 2 fully saturated rings. The van der Waals surface area contributed by atoms with Gasteiger partial charge in [-0.25, -0.2) is 0 Å². The Balaban J connectivity index is 1.60. The van der Waals surface area contributed by atoms with Crippen LogP contribution in [0.15, 0.2) is 12.1 Å². The Hall–Kier alpha value is -1.26. The Labute approximate surface area is 140 Å². The molecule has 4 nitrogen and oxygen atoms in total. The van der Waals surface area contributed by atoms with E-state index in [2.05, 4.69) is 29.3 Å². The summed E-state index contributed by atoms with van der Waals surface area (Å²) in [6.07, 6.45) is 5.38. The van der Waals surface area contributed by atoms with Crippen molar-refractivity contribution in [2.75, 3.05) is 33.9 Å². The topological polar surface area (TPSA) is 33.7 Å². The molecule has 0 bridgehead atoms. The molecule has 0 spiro atoms. The summed E-state index contributed by atoms with van der Waals surface area (Å²) in [6.45, 7) is 6.80. The maximum atomic E-state index is 5.45. The summed E-state index contributed by atoms with van der Waals surface area (Å²) < 4.78 is 10.8. The fourth-order valence-corrected chi connectivity index (χ4v) is 4.06. The number of nitrogens with one attached hydrogen (secondary N) is 1. The number of aryl methyl sites for hydroxylation is 1. The van der Waals surface area contributed by atoms with E-state index in [1.54, 1.807) is 14.2 Å². The quantitative estimate of drug-likeness (QED) is 0.905. The fraction of sp³-hybridized carbons (Fsp3) is 0.684. The van der Waals surface area contributed by atoms with E-state index < -0.39 is 0 Å². The molecular formula is C19H30N2O2. The molecule has 0 radical (unpaired) electrons. The van der Waals surface area contributed by atoms with E-state index in [9.17, 15) is 0 Å². The van der Waals surface area contributed by atoms with Gasteiger partial charge in [-0.15, -0.1) is 0 Å². The molecule has 2 saturated heterocycles. The van der Waals surface area contributed by atoms with Crippen LogP contribution in [0, 0.1) is 12.8 Å².